The molecule has 2 heterocycles. The zero-order valence-electron chi connectivity index (χ0n) is 5.71. The summed E-state index contributed by atoms with van der Waals surface area (Å²) >= 11 is 0. The first-order chi connectivity index (χ1) is 4.43. The fourth-order valence-electron chi connectivity index (χ4n) is 2.09. The Balaban J connectivity index is 1.81. The molecule has 2 aliphatic heterocycles. The Morgan fingerprint density at radius 2 is 2.44 bits per heavy atom. The lowest BCUT2D eigenvalue weighted by molar-refractivity contribution is 0.516. The van der Waals surface area contributed by atoms with Crippen LogP contribution in [0.1, 0.15) is 19.3 Å². The van der Waals surface area contributed by atoms with Gasteiger partial charge in [-0.2, -0.15) is 0 Å². The molecule has 0 aliphatic carbocycles. The lowest BCUT2D eigenvalue weighted by atomic mass is 10.1. The van der Waals surface area contributed by atoms with E-state index in [1.54, 1.807) is 0 Å². The number of nitrogens with zero attached hydrogens (tertiary/aromatic N) is 1. The largest absolute Gasteiger partial charge is 0.330 e. The van der Waals surface area contributed by atoms with E-state index in [-0.39, 0.29) is 0 Å². The van der Waals surface area contributed by atoms with E-state index in [2.05, 4.69) is 4.90 Å². The van der Waals surface area contributed by atoms with Crippen molar-refractivity contribution in [2.24, 2.45) is 5.73 Å². The quantitative estimate of drug-likeness (QED) is 0.535. The summed E-state index contributed by atoms with van der Waals surface area (Å²) in [5.74, 6) is 0. The Labute approximate surface area is 56.0 Å². The van der Waals surface area contributed by atoms with Crippen molar-refractivity contribution < 1.29 is 0 Å². The van der Waals surface area contributed by atoms with E-state index < -0.39 is 0 Å². The van der Waals surface area contributed by atoms with E-state index in [9.17, 15) is 0 Å². The summed E-state index contributed by atoms with van der Waals surface area (Å²) in [7, 11) is 0. The Morgan fingerprint density at radius 1 is 1.56 bits per heavy atom. The molecule has 2 aliphatic rings. The summed E-state index contributed by atoms with van der Waals surface area (Å²) in [6.45, 7) is 2.22. The number of nitrogens with two attached hydrogens (primary N) is 1. The van der Waals surface area contributed by atoms with Gasteiger partial charge in [0.2, 0.25) is 0 Å². The zero-order valence-corrected chi connectivity index (χ0v) is 5.71. The lowest BCUT2D eigenvalue weighted by Gasteiger charge is -1.98. The van der Waals surface area contributed by atoms with E-state index in [4.69, 9.17) is 5.73 Å². The fraction of sp³-hybridized carbons (Fsp3) is 1.00. The van der Waals surface area contributed by atoms with Gasteiger partial charge in [-0.3, -0.25) is 4.90 Å². The second-order valence-electron chi connectivity index (χ2n) is 3.09. The molecule has 2 N–H and O–H groups in total. The molecule has 0 amide bonds. The van der Waals surface area contributed by atoms with Gasteiger partial charge >= 0.3 is 0 Å². The van der Waals surface area contributed by atoms with Crippen LogP contribution in [0.5, 0.6) is 0 Å². The van der Waals surface area contributed by atoms with Gasteiger partial charge in [0.05, 0.1) is 0 Å². The van der Waals surface area contributed by atoms with Gasteiger partial charge in [0, 0.05) is 12.1 Å². The van der Waals surface area contributed by atoms with Crippen LogP contribution in [0.25, 0.3) is 0 Å². The van der Waals surface area contributed by atoms with Crippen LogP contribution in [0.15, 0.2) is 0 Å². The van der Waals surface area contributed by atoms with Crippen LogP contribution in [-0.4, -0.2) is 30.1 Å². The molecule has 0 aromatic rings. The fourth-order valence-corrected chi connectivity index (χ4v) is 2.09. The van der Waals surface area contributed by atoms with Gasteiger partial charge in [-0.25, -0.2) is 0 Å². The molecule has 2 saturated heterocycles. The highest BCUT2D eigenvalue weighted by Gasteiger charge is 2.48. The standard InChI is InChI=1S/C7H14N2/c8-4-3-7-6-2-1-5-9(6)7/h6-7H,1-5,8H2. The van der Waals surface area contributed by atoms with E-state index in [0.29, 0.717) is 0 Å². The first-order valence-corrected chi connectivity index (χ1v) is 3.89. The Kier molecular flexibility index (Phi) is 1.24. The van der Waals surface area contributed by atoms with Crippen molar-refractivity contribution in [1.82, 2.24) is 4.90 Å². The first-order valence-electron chi connectivity index (χ1n) is 3.89. The van der Waals surface area contributed by atoms with Crippen LogP contribution >= 0.6 is 0 Å². The number of fused-ring (bicyclic) bond motifs is 1. The number of piperidine rings is 1. The van der Waals surface area contributed by atoms with E-state index >= 15 is 0 Å². The molecule has 2 fully saturated rings. The smallest absolute Gasteiger partial charge is 0.0267 e. The van der Waals surface area contributed by atoms with Crippen LogP contribution in [0.4, 0.5) is 0 Å². The highest BCUT2D eigenvalue weighted by Crippen LogP contribution is 2.39. The first kappa shape index (κ1) is 5.69. The molecule has 3 unspecified atom stereocenters. The topological polar surface area (TPSA) is 29.0 Å². The van der Waals surface area contributed by atoms with Crippen molar-refractivity contribution in [3.8, 4) is 0 Å². The molecular formula is C7H14N2. The molecule has 0 spiro atoms. The van der Waals surface area contributed by atoms with Crippen LogP contribution in [0.2, 0.25) is 0 Å². The maximum absolute atomic E-state index is 5.45. The molecule has 2 nitrogen and oxygen atoms in total. The maximum Gasteiger partial charge on any atom is 0.0267 e. The second kappa shape index (κ2) is 1.96. The van der Waals surface area contributed by atoms with Crippen molar-refractivity contribution in [1.29, 1.82) is 0 Å². The van der Waals surface area contributed by atoms with Crippen molar-refractivity contribution in [3.05, 3.63) is 0 Å². The summed E-state index contributed by atoms with van der Waals surface area (Å²) < 4.78 is 0. The van der Waals surface area contributed by atoms with Gasteiger partial charge in [0.25, 0.3) is 0 Å². The molecule has 9 heavy (non-hydrogen) atoms. The average Bonchev–Trinajstić information content (AvgIpc) is 2.39. The molecule has 0 aromatic heterocycles. The molecule has 2 rings (SSSR count). The van der Waals surface area contributed by atoms with E-state index in [1.165, 1.54) is 25.8 Å². The Hall–Kier alpha value is -0.0800. The molecule has 2 heteroatoms. The van der Waals surface area contributed by atoms with Gasteiger partial charge in [-0.05, 0) is 32.4 Å². The van der Waals surface area contributed by atoms with Gasteiger partial charge in [-0.1, -0.05) is 0 Å². The summed E-state index contributed by atoms with van der Waals surface area (Å²) in [5, 5.41) is 0. The van der Waals surface area contributed by atoms with Crippen LogP contribution < -0.4 is 5.73 Å². The molecule has 0 radical (unpaired) electrons. The van der Waals surface area contributed by atoms with Gasteiger partial charge in [-0.15, -0.1) is 0 Å². The van der Waals surface area contributed by atoms with Crippen LogP contribution in [0.3, 0.4) is 0 Å². The summed E-state index contributed by atoms with van der Waals surface area (Å²) in [5.41, 5.74) is 5.45. The van der Waals surface area contributed by atoms with Gasteiger partial charge in [0.15, 0.2) is 0 Å². The highest BCUT2D eigenvalue weighted by molar-refractivity contribution is 5.05. The summed E-state index contributed by atoms with van der Waals surface area (Å²) in [6, 6.07) is 1.84. The zero-order chi connectivity index (χ0) is 6.27. The SMILES string of the molecule is NCCC1C2CCCN12. The van der Waals surface area contributed by atoms with Crippen molar-refractivity contribution in [2.45, 2.75) is 31.3 Å². The predicted molar refractivity (Wildman–Crippen MR) is 37.2 cm³/mol. The molecule has 3 atom stereocenters. The summed E-state index contributed by atoms with van der Waals surface area (Å²) in [4.78, 5) is 2.58. The second-order valence-corrected chi connectivity index (χ2v) is 3.09. The van der Waals surface area contributed by atoms with Crippen molar-refractivity contribution in [3.63, 3.8) is 0 Å². The van der Waals surface area contributed by atoms with Crippen molar-refractivity contribution >= 4 is 0 Å². The van der Waals surface area contributed by atoms with Crippen LogP contribution in [0, 0.1) is 0 Å². The third-order valence-electron chi connectivity index (χ3n) is 2.59. The molecular weight excluding hydrogens is 112 g/mol. The Morgan fingerprint density at radius 3 is 3.00 bits per heavy atom. The van der Waals surface area contributed by atoms with Gasteiger partial charge < -0.3 is 5.73 Å². The summed E-state index contributed by atoms with van der Waals surface area (Å²) in [6.07, 6.45) is 4.08. The molecule has 0 bridgehead atoms. The number of rotatable bonds is 2. The highest BCUT2D eigenvalue weighted by atomic mass is 15.4. The Bertz CT molecular complexity index is 103. The molecule has 0 aromatic carbocycles. The third kappa shape index (κ3) is 0.775. The van der Waals surface area contributed by atoms with E-state index in [1.807, 2.05) is 0 Å². The van der Waals surface area contributed by atoms with Gasteiger partial charge in [0.1, 0.15) is 0 Å². The minimum absolute atomic E-state index is 0.873. The third-order valence-corrected chi connectivity index (χ3v) is 2.59. The van der Waals surface area contributed by atoms with Crippen molar-refractivity contribution in [2.75, 3.05) is 13.1 Å². The predicted octanol–water partition coefficient (Wildman–Crippen LogP) is 0.182. The minimum Gasteiger partial charge on any atom is -0.330 e. The number of hydrogen-bond donors (Lipinski definition) is 1. The maximum atomic E-state index is 5.45. The minimum atomic E-state index is 0.873. The normalized spacial score (nSPS) is 47.0. The molecule has 0 saturated carbocycles. The number of hydrogen-bond acceptors (Lipinski definition) is 2. The molecule has 52 valence electrons. The van der Waals surface area contributed by atoms with Crippen LogP contribution in [-0.2, 0) is 0 Å². The monoisotopic (exact) mass is 126 g/mol. The average molecular weight is 126 g/mol. The van der Waals surface area contributed by atoms with E-state index in [0.717, 1.165) is 18.6 Å². The lowest BCUT2D eigenvalue weighted by Crippen LogP contribution is -2.09.